The summed E-state index contributed by atoms with van der Waals surface area (Å²) in [5.41, 5.74) is 1.80. The average molecular weight is 278 g/mol. The molecule has 2 nitrogen and oxygen atoms in total. The molecule has 1 heterocycles. The Hall–Kier alpha value is -1.09. The van der Waals surface area contributed by atoms with Crippen molar-refractivity contribution in [3.63, 3.8) is 0 Å². The number of halogens is 1. The number of nitrogens with one attached hydrogen (secondary N) is 1. The molecular weight excluding hydrogens is 251 g/mol. The van der Waals surface area contributed by atoms with Gasteiger partial charge < -0.3 is 10.2 Å². The second kappa shape index (κ2) is 7.07. The molecule has 1 aromatic carbocycles. The van der Waals surface area contributed by atoms with E-state index in [0.717, 1.165) is 36.8 Å². The van der Waals surface area contributed by atoms with Gasteiger partial charge in [0.2, 0.25) is 0 Å². The molecular formula is C17H27FN2. The SMILES string of the molecule is CCCC1CCN(c2ccc(C(C)NCC)cc2F)C1. The van der Waals surface area contributed by atoms with Crippen LogP contribution in [-0.4, -0.2) is 19.6 Å². The van der Waals surface area contributed by atoms with E-state index in [4.69, 9.17) is 0 Å². The summed E-state index contributed by atoms with van der Waals surface area (Å²) in [6, 6.07) is 5.90. The summed E-state index contributed by atoms with van der Waals surface area (Å²) in [5, 5.41) is 3.32. The Bertz CT molecular complexity index is 433. The van der Waals surface area contributed by atoms with Gasteiger partial charge in [0.05, 0.1) is 5.69 Å². The van der Waals surface area contributed by atoms with E-state index in [2.05, 4.69) is 37.1 Å². The van der Waals surface area contributed by atoms with Gasteiger partial charge in [0, 0.05) is 19.1 Å². The highest BCUT2D eigenvalue weighted by Gasteiger charge is 2.24. The molecule has 0 radical (unpaired) electrons. The maximum atomic E-state index is 14.3. The largest absolute Gasteiger partial charge is 0.369 e. The van der Waals surface area contributed by atoms with Crippen molar-refractivity contribution in [2.75, 3.05) is 24.5 Å². The molecule has 2 rings (SSSR count). The zero-order chi connectivity index (χ0) is 14.5. The van der Waals surface area contributed by atoms with Crippen LogP contribution in [0.25, 0.3) is 0 Å². The molecule has 0 spiro atoms. The summed E-state index contributed by atoms with van der Waals surface area (Å²) < 4.78 is 14.3. The van der Waals surface area contributed by atoms with E-state index in [1.54, 1.807) is 6.07 Å². The molecule has 1 aliphatic rings. The van der Waals surface area contributed by atoms with Crippen molar-refractivity contribution in [3.05, 3.63) is 29.6 Å². The van der Waals surface area contributed by atoms with Gasteiger partial charge in [-0.1, -0.05) is 26.3 Å². The second-order valence-electron chi connectivity index (χ2n) is 5.88. The van der Waals surface area contributed by atoms with Crippen molar-refractivity contribution >= 4 is 5.69 Å². The Labute approximate surface area is 122 Å². The smallest absolute Gasteiger partial charge is 0.146 e. The van der Waals surface area contributed by atoms with E-state index < -0.39 is 0 Å². The van der Waals surface area contributed by atoms with Gasteiger partial charge in [-0.3, -0.25) is 0 Å². The summed E-state index contributed by atoms with van der Waals surface area (Å²) in [6.07, 6.45) is 3.68. The Morgan fingerprint density at radius 3 is 2.85 bits per heavy atom. The van der Waals surface area contributed by atoms with E-state index in [1.807, 2.05) is 6.07 Å². The van der Waals surface area contributed by atoms with Crippen molar-refractivity contribution < 1.29 is 4.39 Å². The maximum Gasteiger partial charge on any atom is 0.146 e. The van der Waals surface area contributed by atoms with E-state index in [-0.39, 0.29) is 11.9 Å². The molecule has 0 amide bonds. The van der Waals surface area contributed by atoms with Gasteiger partial charge in [0.1, 0.15) is 5.82 Å². The Balaban J connectivity index is 2.06. The molecule has 112 valence electrons. The Kier molecular flexibility index (Phi) is 5.41. The van der Waals surface area contributed by atoms with Crippen LogP contribution in [-0.2, 0) is 0 Å². The molecule has 0 aliphatic carbocycles. The van der Waals surface area contributed by atoms with Crippen LogP contribution >= 0.6 is 0 Å². The first kappa shape index (κ1) is 15.3. The molecule has 1 aliphatic heterocycles. The lowest BCUT2D eigenvalue weighted by atomic mass is 10.0. The highest BCUT2D eigenvalue weighted by atomic mass is 19.1. The molecule has 2 atom stereocenters. The number of nitrogens with zero attached hydrogens (tertiary/aromatic N) is 1. The first-order valence-corrected chi connectivity index (χ1v) is 7.93. The van der Waals surface area contributed by atoms with Crippen molar-refractivity contribution in [2.24, 2.45) is 5.92 Å². The van der Waals surface area contributed by atoms with Crippen LogP contribution in [0.15, 0.2) is 18.2 Å². The van der Waals surface area contributed by atoms with E-state index >= 15 is 0 Å². The highest BCUT2D eigenvalue weighted by molar-refractivity contribution is 5.50. The topological polar surface area (TPSA) is 15.3 Å². The first-order valence-electron chi connectivity index (χ1n) is 7.93. The van der Waals surface area contributed by atoms with Gasteiger partial charge in [-0.2, -0.15) is 0 Å². The predicted octanol–water partition coefficient (Wildman–Crippen LogP) is 4.12. The van der Waals surface area contributed by atoms with Crippen LogP contribution in [0.1, 0.15) is 51.6 Å². The third-order valence-electron chi connectivity index (χ3n) is 4.31. The lowest BCUT2D eigenvalue weighted by molar-refractivity contribution is 0.528. The minimum atomic E-state index is -0.0793. The second-order valence-corrected chi connectivity index (χ2v) is 5.88. The lowest BCUT2D eigenvalue weighted by Gasteiger charge is -2.21. The molecule has 0 aromatic heterocycles. The average Bonchev–Trinajstić information content (AvgIpc) is 2.87. The van der Waals surface area contributed by atoms with E-state index in [0.29, 0.717) is 0 Å². The normalized spacial score (nSPS) is 20.4. The Morgan fingerprint density at radius 2 is 2.20 bits per heavy atom. The highest BCUT2D eigenvalue weighted by Crippen LogP contribution is 2.29. The minimum Gasteiger partial charge on any atom is -0.369 e. The van der Waals surface area contributed by atoms with Crippen LogP contribution in [0, 0.1) is 11.7 Å². The van der Waals surface area contributed by atoms with E-state index in [9.17, 15) is 4.39 Å². The fourth-order valence-electron chi connectivity index (χ4n) is 3.17. The molecule has 1 aromatic rings. The number of hydrogen-bond donors (Lipinski definition) is 1. The van der Waals surface area contributed by atoms with Crippen LogP contribution < -0.4 is 10.2 Å². The maximum absolute atomic E-state index is 14.3. The van der Waals surface area contributed by atoms with Crippen LogP contribution in [0.3, 0.4) is 0 Å². The molecule has 0 saturated carbocycles. The summed E-state index contributed by atoms with van der Waals surface area (Å²) in [4.78, 5) is 2.21. The van der Waals surface area contributed by atoms with Gasteiger partial charge in [-0.05, 0) is 49.9 Å². The molecule has 1 saturated heterocycles. The quantitative estimate of drug-likeness (QED) is 0.842. The van der Waals surface area contributed by atoms with Crippen molar-refractivity contribution in [1.82, 2.24) is 5.32 Å². The van der Waals surface area contributed by atoms with Crippen LogP contribution in [0.5, 0.6) is 0 Å². The molecule has 2 unspecified atom stereocenters. The lowest BCUT2D eigenvalue weighted by Crippen LogP contribution is -2.22. The van der Waals surface area contributed by atoms with Gasteiger partial charge in [0.15, 0.2) is 0 Å². The van der Waals surface area contributed by atoms with Gasteiger partial charge in [-0.15, -0.1) is 0 Å². The van der Waals surface area contributed by atoms with Crippen molar-refractivity contribution in [2.45, 2.75) is 46.1 Å². The number of hydrogen-bond acceptors (Lipinski definition) is 2. The predicted molar refractivity (Wildman–Crippen MR) is 83.7 cm³/mol. The standard InChI is InChI=1S/C17H27FN2/c1-4-6-14-9-10-20(12-14)17-8-7-15(11-16(17)18)13(3)19-5-2/h7-8,11,13-14,19H,4-6,9-10,12H2,1-3H3. The molecule has 0 bridgehead atoms. The molecule has 1 fully saturated rings. The summed E-state index contributed by atoms with van der Waals surface area (Å²) in [6.45, 7) is 9.26. The number of anilines is 1. The molecule has 20 heavy (non-hydrogen) atoms. The minimum absolute atomic E-state index is 0.0793. The molecule has 1 N–H and O–H groups in total. The fraction of sp³-hybridized carbons (Fsp3) is 0.647. The van der Waals surface area contributed by atoms with E-state index in [1.165, 1.54) is 19.3 Å². The zero-order valence-corrected chi connectivity index (χ0v) is 13.0. The van der Waals surface area contributed by atoms with Gasteiger partial charge in [-0.25, -0.2) is 4.39 Å². The summed E-state index contributed by atoms with van der Waals surface area (Å²) >= 11 is 0. The van der Waals surface area contributed by atoms with Gasteiger partial charge in [0.25, 0.3) is 0 Å². The monoisotopic (exact) mass is 278 g/mol. The van der Waals surface area contributed by atoms with Crippen LogP contribution in [0.2, 0.25) is 0 Å². The Morgan fingerprint density at radius 1 is 1.40 bits per heavy atom. The summed E-state index contributed by atoms with van der Waals surface area (Å²) in [7, 11) is 0. The van der Waals surface area contributed by atoms with Crippen molar-refractivity contribution in [1.29, 1.82) is 0 Å². The zero-order valence-electron chi connectivity index (χ0n) is 13.0. The molecule has 3 heteroatoms. The van der Waals surface area contributed by atoms with Crippen LogP contribution in [0.4, 0.5) is 10.1 Å². The third kappa shape index (κ3) is 3.51. The first-order chi connectivity index (χ1) is 9.65. The number of benzene rings is 1. The van der Waals surface area contributed by atoms with Crippen molar-refractivity contribution in [3.8, 4) is 0 Å². The number of rotatable bonds is 6. The summed E-state index contributed by atoms with van der Waals surface area (Å²) in [5.74, 6) is 0.657. The fourth-order valence-corrected chi connectivity index (χ4v) is 3.17. The third-order valence-corrected chi connectivity index (χ3v) is 4.31. The van der Waals surface area contributed by atoms with Gasteiger partial charge >= 0.3 is 0 Å².